The zero-order valence-corrected chi connectivity index (χ0v) is 11.3. The van der Waals surface area contributed by atoms with Gasteiger partial charge >= 0.3 is 0 Å². The number of nitrogens with one attached hydrogen (secondary N) is 1. The van der Waals surface area contributed by atoms with E-state index in [0.717, 1.165) is 24.2 Å². The lowest BCUT2D eigenvalue weighted by Gasteiger charge is -2.16. The highest BCUT2D eigenvalue weighted by Crippen LogP contribution is 2.11. The SMILES string of the molecule is NNC(CCOc1ccccc1)Cc1ccnc(N)c1. The van der Waals surface area contributed by atoms with E-state index in [9.17, 15) is 0 Å². The minimum atomic E-state index is 0.139. The summed E-state index contributed by atoms with van der Waals surface area (Å²) in [6.45, 7) is 0.611. The van der Waals surface area contributed by atoms with Crippen LogP contribution in [0, 0.1) is 0 Å². The predicted octanol–water partition coefficient (Wildman–Crippen LogP) is 1.51. The molecule has 0 amide bonds. The Kier molecular flexibility index (Phi) is 5.34. The van der Waals surface area contributed by atoms with Crippen molar-refractivity contribution < 1.29 is 4.74 Å². The van der Waals surface area contributed by atoms with Crippen molar-refractivity contribution in [2.45, 2.75) is 18.9 Å². The first kappa shape index (κ1) is 14.3. The van der Waals surface area contributed by atoms with Crippen LogP contribution in [0.15, 0.2) is 48.7 Å². The van der Waals surface area contributed by atoms with Crippen LogP contribution in [-0.2, 0) is 6.42 Å². The van der Waals surface area contributed by atoms with Crippen molar-refractivity contribution in [3.63, 3.8) is 0 Å². The fourth-order valence-corrected chi connectivity index (χ4v) is 1.99. The van der Waals surface area contributed by atoms with Crippen LogP contribution in [0.2, 0.25) is 0 Å². The van der Waals surface area contributed by atoms with Crippen molar-refractivity contribution in [1.82, 2.24) is 10.4 Å². The van der Waals surface area contributed by atoms with E-state index in [1.807, 2.05) is 42.5 Å². The number of hydrogen-bond acceptors (Lipinski definition) is 5. The number of para-hydroxylation sites is 1. The molecule has 1 aromatic heterocycles. The van der Waals surface area contributed by atoms with E-state index >= 15 is 0 Å². The Bertz CT molecular complexity index is 518. The zero-order chi connectivity index (χ0) is 14.2. The number of nitrogen functional groups attached to an aromatic ring is 1. The molecule has 0 aliphatic heterocycles. The first-order valence-electron chi connectivity index (χ1n) is 6.62. The Hall–Kier alpha value is -2.11. The van der Waals surface area contributed by atoms with Gasteiger partial charge < -0.3 is 10.5 Å². The summed E-state index contributed by atoms with van der Waals surface area (Å²) in [4.78, 5) is 3.98. The lowest BCUT2D eigenvalue weighted by Crippen LogP contribution is -2.38. The standard InChI is InChI=1S/C15H20N4O/c16-15-11-12(6-8-18-15)10-13(19-17)7-9-20-14-4-2-1-3-5-14/h1-6,8,11,13,19H,7,9-10,17H2,(H2,16,18). The second kappa shape index (κ2) is 7.47. The fourth-order valence-electron chi connectivity index (χ4n) is 1.99. The molecular formula is C15H20N4O. The lowest BCUT2D eigenvalue weighted by molar-refractivity contribution is 0.285. The third kappa shape index (κ3) is 4.53. The Morgan fingerprint density at radius 1 is 1.20 bits per heavy atom. The summed E-state index contributed by atoms with van der Waals surface area (Å²) in [5.41, 5.74) is 9.59. The van der Waals surface area contributed by atoms with Gasteiger partial charge in [-0.2, -0.15) is 0 Å². The Morgan fingerprint density at radius 2 is 2.00 bits per heavy atom. The van der Waals surface area contributed by atoms with Gasteiger partial charge in [0, 0.05) is 12.2 Å². The molecule has 0 bridgehead atoms. The van der Waals surface area contributed by atoms with E-state index in [1.165, 1.54) is 0 Å². The Labute approximate surface area is 118 Å². The van der Waals surface area contributed by atoms with E-state index in [2.05, 4.69) is 10.4 Å². The number of ether oxygens (including phenoxy) is 1. The summed E-state index contributed by atoms with van der Waals surface area (Å²) in [7, 11) is 0. The largest absolute Gasteiger partial charge is 0.494 e. The number of rotatable bonds is 7. The lowest BCUT2D eigenvalue weighted by atomic mass is 10.1. The summed E-state index contributed by atoms with van der Waals surface area (Å²) in [6.07, 6.45) is 3.31. The summed E-state index contributed by atoms with van der Waals surface area (Å²) < 4.78 is 5.67. The summed E-state index contributed by atoms with van der Waals surface area (Å²) in [6, 6.07) is 13.7. The maximum Gasteiger partial charge on any atom is 0.123 e. The number of nitrogens with two attached hydrogens (primary N) is 2. The highest BCUT2D eigenvalue weighted by Gasteiger charge is 2.08. The highest BCUT2D eigenvalue weighted by molar-refractivity contribution is 5.32. The van der Waals surface area contributed by atoms with Crippen molar-refractivity contribution >= 4 is 5.82 Å². The first-order chi connectivity index (χ1) is 9.78. The third-order valence-corrected chi connectivity index (χ3v) is 3.04. The quantitative estimate of drug-likeness (QED) is 0.525. The van der Waals surface area contributed by atoms with E-state index in [-0.39, 0.29) is 6.04 Å². The van der Waals surface area contributed by atoms with Gasteiger partial charge in [-0.3, -0.25) is 11.3 Å². The minimum Gasteiger partial charge on any atom is -0.494 e. The van der Waals surface area contributed by atoms with Crippen molar-refractivity contribution in [3.05, 3.63) is 54.2 Å². The number of hydrogen-bond donors (Lipinski definition) is 3. The van der Waals surface area contributed by atoms with Crippen LogP contribution in [-0.4, -0.2) is 17.6 Å². The molecule has 0 aliphatic carbocycles. The van der Waals surface area contributed by atoms with Crippen LogP contribution in [0.1, 0.15) is 12.0 Å². The molecular weight excluding hydrogens is 252 g/mol. The highest BCUT2D eigenvalue weighted by atomic mass is 16.5. The van der Waals surface area contributed by atoms with Gasteiger partial charge in [-0.05, 0) is 42.7 Å². The molecule has 1 aromatic carbocycles. The van der Waals surface area contributed by atoms with Crippen LogP contribution in [0.4, 0.5) is 5.82 Å². The van der Waals surface area contributed by atoms with Crippen LogP contribution >= 0.6 is 0 Å². The van der Waals surface area contributed by atoms with Crippen LogP contribution in [0.5, 0.6) is 5.75 Å². The van der Waals surface area contributed by atoms with Crippen molar-refractivity contribution in [2.75, 3.05) is 12.3 Å². The third-order valence-electron chi connectivity index (χ3n) is 3.04. The minimum absolute atomic E-state index is 0.139. The smallest absolute Gasteiger partial charge is 0.123 e. The molecule has 0 saturated heterocycles. The topological polar surface area (TPSA) is 86.2 Å². The molecule has 5 nitrogen and oxygen atoms in total. The van der Waals surface area contributed by atoms with Crippen LogP contribution in [0.25, 0.3) is 0 Å². The van der Waals surface area contributed by atoms with E-state index in [0.29, 0.717) is 12.4 Å². The average molecular weight is 272 g/mol. The van der Waals surface area contributed by atoms with Crippen LogP contribution in [0.3, 0.4) is 0 Å². The van der Waals surface area contributed by atoms with E-state index in [1.54, 1.807) is 6.20 Å². The number of anilines is 1. The first-order valence-corrected chi connectivity index (χ1v) is 6.62. The number of hydrazine groups is 1. The summed E-state index contributed by atoms with van der Waals surface area (Å²) >= 11 is 0. The van der Waals surface area contributed by atoms with Gasteiger partial charge in [-0.15, -0.1) is 0 Å². The molecule has 0 radical (unpaired) electrons. The van der Waals surface area contributed by atoms with E-state index < -0.39 is 0 Å². The van der Waals surface area contributed by atoms with Gasteiger partial charge in [0.1, 0.15) is 11.6 Å². The molecule has 2 aromatic rings. The van der Waals surface area contributed by atoms with Gasteiger partial charge in [-0.1, -0.05) is 18.2 Å². The molecule has 106 valence electrons. The second-order valence-corrected chi connectivity index (χ2v) is 4.61. The van der Waals surface area contributed by atoms with Gasteiger partial charge in [0.05, 0.1) is 6.61 Å². The molecule has 20 heavy (non-hydrogen) atoms. The Balaban J connectivity index is 1.80. The molecule has 1 unspecified atom stereocenters. The molecule has 1 atom stereocenters. The summed E-state index contributed by atoms with van der Waals surface area (Å²) in [5.74, 6) is 6.98. The van der Waals surface area contributed by atoms with Crippen molar-refractivity contribution in [3.8, 4) is 5.75 Å². The predicted molar refractivity (Wildman–Crippen MR) is 80.0 cm³/mol. The summed E-state index contributed by atoms with van der Waals surface area (Å²) in [5, 5.41) is 0. The molecule has 5 N–H and O–H groups in total. The zero-order valence-electron chi connectivity index (χ0n) is 11.3. The molecule has 0 fully saturated rings. The maximum atomic E-state index is 5.67. The molecule has 0 aliphatic rings. The molecule has 0 saturated carbocycles. The fraction of sp³-hybridized carbons (Fsp3) is 0.267. The number of pyridine rings is 1. The maximum absolute atomic E-state index is 5.67. The molecule has 0 spiro atoms. The van der Waals surface area contributed by atoms with Gasteiger partial charge in [0.2, 0.25) is 0 Å². The normalized spacial score (nSPS) is 12.1. The van der Waals surface area contributed by atoms with Gasteiger partial charge in [0.15, 0.2) is 0 Å². The van der Waals surface area contributed by atoms with E-state index in [4.69, 9.17) is 16.3 Å². The number of benzene rings is 1. The van der Waals surface area contributed by atoms with Gasteiger partial charge in [-0.25, -0.2) is 4.98 Å². The van der Waals surface area contributed by atoms with Gasteiger partial charge in [0.25, 0.3) is 0 Å². The molecule has 5 heteroatoms. The molecule has 1 heterocycles. The molecule has 2 rings (SSSR count). The van der Waals surface area contributed by atoms with Crippen LogP contribution < -0.4 is 21.7 Å². The van der Waals surface area contributed by atoms with Crippen molar-refractivity contribution in [2.24, 2.45) is 5.84 Å². The monoisotopic (exact) mass is 272 g/mol. The number of nitrogens with zero attached hydrogens (tertiary/aromatic N) is 1. The second-order valence-electron chi connectivity index (χ2n) is 4.61. The average Bonchev–Trinajstić information content (AvgIpc) is 2.47. The van der Waals surface area contributed by atoms with Crippen molar-refractivity contribution in [1.29, 1.82) is 0 Å². The Morgan fingerprint density at radius 3 is 2.70 bits per heavy atom. The number of aromatic nitrogens is 1.